The second-order valence-corrected chi connectivity index (χ2v) is 12.5. The zero-order chi connectivity index (χ0) is 31.2. The van der Waals surface area contributed by atoms with Crippen molar-refractivity contribution in [2.24, 2.45) is 5.92 Å². The van der Waals surface area contributed by atoms with E-state index < -0.39 is 15.9 Å². The second-order valence-electron chi connectivity index (χ2n) is 10.9. The highest BCUT2D eigenvalue weighted by molar-refractivity contribution is 7.90. The minimum Gasteiger partial charge on any atom is -0.475 e. The molecule has 4 heterocycles. The van der Waals surface area contributed by atoms with Gasteiger partial charge in [-0.1, -0.05) is 13.0 Å². The summed E-state index contributed by atoms with van der Waals surface area (Å²) in [5, 5.41) is -0.344. The maximum atomic E-state index is 13.5. The summed E-state index contributed by atoms with van der Waals surface area (Å²) in [6.07, 6.45) is 2.56. The number of aromatic nitrogens is 3. The number of hydrogen-bond acceptors (Lipinski definition) is 11. The quantitative estimate of drug-likeness (QED) is 0.272. The number of nitrogens with zero attached hydrogens (tertiary/aromatic N) is 4. The van der Waals surface area contributed by atoms with Crippen LogP contribution in [0.2, 0.25) is 0 Å². The number of nitrogens with two attached hydrogens (primary N) is 1. The molecule has 3 N–H and O–H groups in total. The van der Waals surface area contributed by atoms with Gasteiger partial charge in [0.2, 0.25) is 5.88 Å². The lowest BCUT2D eigenvalue weighted by molar-refractivity contribution is 0.0398. The number of amides is 1. The Morgan fingerprint density at radius 1 is 1.12 bits per heavy atom. The average molecular weight is 613 g/mol. The van der Waals surface area contributed by atoms with Gasteiger partial charge in [-0.2, -0.15) is 8.42 Å². The molecule has 3 aromatic heterocycles. The van der Waals surface area contributed by atoms with Crippen LogP contribution in [0.1, 0.15) is 50.0 Å². The molecule has 1 unspecified atom stereocenters. The monoisotopic (exact) mass is 612 g/mol. The van der Waals surface area contributed by atoms with E-state index in [-0.39, 0.29) is 21.9 Å². The number of anilines is 2. The van der Waals surface area contributed by atoms with Crippen LogP contribution in [0.5, 0.6) is 5.88 Å². The smallest absolute Gasteiger partial charge is 0.281 e. The van der Waals surface area contributed by atoms with E-state index in [9.17, 15) is 13.2 Å². The van der Waals surface area contributed by atoms with Crippen molar-refractivity contribution in [1.29, 1.82) is 0 Å². The maximum Gasteiger partial charge on any atom is 0.281 e. The van der Waals surface area contributed by atoms with E-state index >= 15 is 0 Å². The fraction of sp³-hybridized carbons (Fsp3) is 0.467. The number of nitrogens with one attached hydrogen (secondary N) is 1. The Morgan fingerprint density at radius 3 is 2.53 bits per heavy atom. The third kappa shape index (κ3) is 7.59. The van der Waals surface area contributed by atoms with E-state index in [4.69, 9.17) is 24.9 Å². The van der Waals surface area contributed by atoms with E-state index in [2.05, 4.69) is 40.4 Å². The first-order valence-electron chi connectivity index (χ1n) is 14.3. The molecule has 0 aromatic carbocycles. The van der Waals surface area contributed by atoms with Crippen molar-refractivity contribution in [3.63, 3.8) is 0 Å². The van der Waals surface area contributed by atoms with Gasteiger partial charge in [0, 0.05) is 36.0 Å². The van der Waals surface area contributed by atoms with Crippen LogP contribution >= 0.6 is 0 Å². The topological polar surface area (TPSA) is 159 Å². The number of nitrogen functional groups attached to an aromatic ring is 1. The Kier molecular flexibility index (Phi) is 10.2. The van der Waals surface area contributed by atoms with Gasteiger partial charge in [0.05, 0.1) is 31.1 Å². The maximum absolute atomic E-state index is 13.5. The standard InChI is InChI=1S/C30H40N6O6S/c1-6-40-14-15-41-16-17-42-29-20(2)18-22(19-32-29)24-11-10-23(27(33-24)36-13-12-21(3)30(36,4)5)28(37)35-43(38,39)26-9-7-8-25(31)34-26/h7-11,18-19,21H,6,12-17H2,1-5H3,(H2,31,34)(H,35,37). The van der Waals surface area contributed by atoms with Crippen LogP contribution in [0.25, 0.3) is 11.3 Å². The number of sulfonamides is 1. The Morgan fingerprint density at radius 2 is 1.86 bits per heavy atom. The van der Waals surface area contributed by atoms with Gasteiger partial charge in [-0.05, 0) is 70.4 Å². The molecule has 1 aliphatic heterocycles. The molecule has 1 amide bonds. The fourth-order valence-electron chi connectivity index (χ4n) is 4.83. The third-order valence-electron chi connectivity index (χ3n) is 7.68. The van der Waals surface area contributed by atoms with Crippen molar-refractivity contribution in [1.82, 2.24) is 19.7 Å². The molecule has 0 spiro atoms. The molecule has 12 nitrogen and oxygen atoms in total. The average Bonchev–Trinajstić information content (AvgIpc) is 3.24. The van der Waals surface area contributed by atoms with Gasteiger partial charge in [0.15, 0.2) is 5.03 Å². The number of pyridine rings is 3. The predicted molar refractivity (Wildman–Crippen MR) is 164 cm³/mol. The minimum atomic E-state index is -4.27. The summed E-state index contributed by atoms with van der Waals surface area (Å²) in [7, 11) is -4.27. The van der Waals surface area contributed by atoms with E-state index in [0.29, 0.717) is 62.9 Å². The van der Waals surface area contributed by atoms with Crippen molar-refractivity contribution in [2.45, 2.75) is 51.6 Å². The van der Waals surface area contributed by atoms with Crippen molar-refractivity contribution >= 4 is 27.6 Å². The summed E-state index contributed by atoms with van der Waals surface area (Å²) in [5.41, 5.74) is 7.59. The Balaban J connectivity index is 1.59. The zero-order valence-electron chi connectivity index (χ0n) is 25.3. The van der Waals surface area contributed by atoms with Gasteiger partial charge >= 0.3 is 0 Å². The van der Waals surface area contributed by atoms with Crippen LogP contribution in [-0.2, 0) is 19.5 Å². The first-order chi connectivity index (χ1) is 20.4. The summed E-state index contributed by atoms with van der Waals surface area (Å²) in [6, 6.07) is 9.39. The molecule has 43 heavy (non-hydrogen) atoms. The Labute approximate surface area is 253 Å². The molecule has 1 saturated heterocycles. The lowest BCUT2D eigenvalue weighted by Gasteiger charge is -2.36. The largest absolute Gasteiger partial charge is 0.475 e. The molecule has 0 radical (unpaired) electrons. The molecule has 4 rings (SSSR count). The number of rotatable bonds is 13. The van der Waals surface area contributed by atoms with Gasteiger partial charge in [-0.25, -0.2) is 19.7 Å². The molecule has 3 aromatic rings. The van der Waals surface area contributed by atoms with Crippen LogP contribution in [0.3, 0.4) is 0 Å². The van der Waals surface area contributed by atoms with Gasteiger partial charge < -0.3 is 24.8 Å². The predicted octanol–water partition coefficient (Wildman–Crippen LogP) is 3.60. The van der Waals surface area contributed by atoms with Gasteiger partial charge in [0.1, 0.15) is 18.2 Å². The first kappa shape index (κ1) is 32.1. The molecule has 0 bridgehead atoms. The van der Waals surface area contributed by atoms with E-state index in [1.165, 1.54) is 18.2 Å². The van der Waals surface area contributed by atoms with Crippen molar-refractivity contribution < 1.29 is 27.4 Å². The molecule has 1 aliphatic rings. The van der Waals surface area contributed by atoms with Crippen LogP contribution in [0.15, 0.2) is 47.6 Å². The highest BCUT2D eigenvalue weighted by atomic mass is 32.2. The van der Waals surface area contributed by atoms with Gasteiger partial charge in [-0.3, -0.25) is 4.79 Å². The summed E-state index contributed by atoms with van der Waals surface area (Å²) in [6.45, 7) is 13.3. The highest BCUT2D eigenvalue weighted by Crippen LogP contribution is 2.39. The molecule has 13 heteroatoms. The minimum absolute atomic E-state index is 0.0287. The van der Waals surface area contributed by atoms with Crippen LogP contribution in [0.4, 0.5) is 11.6 Å². The van der Waals surface area contributed by atoms with Crippen LogP contribution < -0.4 is 20.1 Å². The molecule has 0 saturated carbocycles. The summed E-state index contributed by atoms with van der Waals surface area (Å²) >= 11 is 0. The normalized spacial score (nSPS) is 16.3. The van der Waals surface area contributed by atoms with E-state index in [0.717, 1.165) is 17.5 Å². The third-order valence-corrected chi connectivity index (χ3v) is 8.91. The summed E-state index contributed by atoms with van der Waals surface area (Å²) < 4.78 is 44.6. The molecular weight excluding hydrogens is 572 g/mol. The van der Waals surface area contributed by atoms with E-state index in [1.54, 1.807) is 18.3 Å². The number of hydrogen-bond donors (Lipinski definition) is 2. The molecule has 0 aliphatic carbocycles. The van der Waals surface area contributed by atoms with Crippen LogP contribution in [-0.4, -0.2) is 74.4 Å². The summed E-state index contributed by atoms with van der Waals surface area (Å²) in [4.78, 5) is 28.8. The zero-order valence-corrected chi connectivity index (χ0v) is 26.1. The first-order valence-corrected chi connectivity index (χ1v) is 15.8. The molecule has 232 valence electrons. The van der Waals surface area contributed by atoms with Crippen molar-refractivity contribution in [3.8, 4) is 17.1 Å². The Hall–Kier alpha value is -3.81. The lowest BCUT2D eigenvalue weighted by atomic mass is 9.90. The molecule has 1 fully saturated rings. The SMILES string of the molecule is CCOCCOCCOc1ncc(-c2ccc(C(=O)NS(=O)(=O)c3cccc(N)n3)c(N3CCC(C)C3(C)C)n2)cc1C. The summed E-state index contributed by atoms with van der Waals surface area (Å²) in [5.74, 6) is 0.416. The molecule has 1 atom stereocenters. The van der Waals surface area contributed by atoms with Crippen molar-refractivity contribution in [2.75, 3.05) is 50.2 Å². The number of carbonyl (C=O) groups excluding carboxylic acids is 1. The lowest BCUT2D eigenvalue weighted by Crippen LogP contribution is -2.43. The molecular formula is C30H40N6O6S. The van der Waals surface area contributed by atoms with E-state index in [1.807, 2.05) is 19.9 Å². The van der Waals surface area contributed by atoms with Gasteiger partial charge in [-0.15, -0.1) is 0 Å². The number of carbonyl (C=O) groups is 1. The second kappa shape index (κ2) is 13.7. The van der Waals surface area contributed by atoms with Gasteiger partial charge in [0.25, 0.3) is 15.9 Å². The van der Waals surface area contributed by atoms with Crippen LogP contribution in [0, 0.1) is 12.8 Å². The number of aryl methyl sites for hydroxylation is 1. The number of ether oxygens (including phenoxy) is 3. The Bertz CT molecular complexity index is 1550. The van der Waals surface area contributed by atoms with Crippen molar-refractivity contribution in [3.05, 3.63) is 53.7 Å². The fourth-order valence-corrected chi connectivity index (χ4v) is 5.77. The highest BCUT2D eigenvalue weighted by Gasteiger charge is 2.41.